The Labute approximate surface area is 132 Å². The molecule has 1 aromatic rings. The van der Waals surface area contributed by atoms with Gasteiger partial charge in [0.25, 0.3) is 0 Å². The van der Waals surface area contributed by atoms with E-state index < -0.39 is 5.60 Å². The van der Waals surface area contributed by atoms with Crippen molar-refractivity contribution >= 4 is 5.91 Å². The lowest BCUT2D eigenvalue weighted by molar-refractivity contribution is -0.130. The summed E-state index contributed by atoms with van der Waals surface area (Å²) in [5.74, 6) is 0.127. The van der Waals surface area contributed by atoms with Gasteiger partial charge in [-0.05, 0) is 47.2 Å². The van der Waals surface area contributed by atoms with Crippen LogP contribution in [0.5, 0.6) is 0 Å². The van der Waals surface area contributed by atoms with Crippen LogP contribution in [0.4, 0.5) is 0 Å². The number of hydrogen-bond acceptors (Lipinski definition) is 4. The highest BCUT2D eigenvalue weighted by molar-refractivity contribution is 5.79. The number of likely N-dealkylation sites (tertiary alicyclic amines) is 1. The van der Waals surface area contributed by atoms with Crippen LogP contribution in [0.1, 0.15) is 36.2 Å². The number of aliphatic hydroxyl groups is 1. The third-order valence-corrected chi connectivity index (χ3v) is 4.49. The minimum atomic E-state index is -0.681. The first-order chi connectivity index (χ1) is 10.3. The van der Waals surface area contributed by atoms with Crippen molar-refractivity contribution in [1.82, 2.24) is 20.0 Å². The second-order valence-electron chi connectivity index (χ2n) is 6.79. The van der Waals surface area contributed by atoms with Gasteiger partial charge in [0.1, 0.15) is 0 Å². The van der Waals surface area contributed by atoms with E-state index in [1.165, 1.54) is 0 Å². The van der Waals surface area contributed by atoms with Crippen molar-refractivity contribution in [2.45, 2.75) is 45.1 Å². The lowest BCUT2D eigenvalue weighted by Gasteiger charge is -2.30. The van der Waals surface area contributed by atoms with Crippen molar-refractivity contribution in [2.75, 3.05) is 33.7 Å². The van der Waals surface area contributed by atoms with Crippen molar-refractivity contribution in [1.29, 1.82) is 0 Å². The molecule has 1 atom stereocenters. The Balaban J connectivity index is 1.97. The van der Waals surface area contributed by atoms with Crippen molar-refractivity contribution in [3.63, 3.8) is 0 Å². The Morgan fingerprint density at radius 1 is 1.36 bits per heavy atom. The fourth-order valence-corrected chi connectivity index (χ4v) is 3.27. The van der Waals surface area contributed by atoms with Gasteiger partial charge in [0.2, 0.25) is 5.91 Å². The molecular formula is C16H28N4O2. The van der Waals surface area contributed by atoms with Crippen molar-refractivity contribution < 1.29 is 9.90 Å². The largest absolute Gasteiger partial charge is 0.388 e. The Kier molecular flexibility index (Phi) is 5.24. The van der Waals surface area contributed by atoms with E-state index in [0.29, 0.717) is 25.9 Å². The number of aromatic amines is 1. The van der Waals surface area contributed by atoms with Crippen LogP contribution in [-0.2, 0) is 11.2 Å². The maximum Gasteiger partial charge on any atom is 0.227 e. The number of nitrogens with one attached hydrogen (secondary N) is 1. The monoisotopic (exact) mass is 308 g/mol. The molecule has 1 aliphatic rings. The zero-order valence-electron chi connectivity index (χ0n) is 14.1. The minimum Gasteiger partial charge on any atom is -0.388 e. The van der Waals surface area contributed by atoms with E-state index in [2.05, 4.69) is 10.2 Å². The van der Waals surface area contributed by atoms with Gasteiger partial charge in [0.05, 0.1) is 17.7 Å². The Morgan fingerprint density at radius 3 is 2.68 bits per heavy atom. The predicted molar refractivity (Wildman–Crippen MR) is 85.7 cm³/mol. The van der Waals surface area contributed by atoms with Gasteiger partial charge in [-0.25, -0.2) is 0 Å². The summed E-state index contributed by atoms with van der Waals surface area (Å²) < 4.78 is 0. The van der Waals surface area contributed by atoms with Gasteiger partial charge in [-0.1, -0.05) is 0 Å². The van der Waals surface area contributed by atoms with Crippen LogP contribution in [-0.4, -0.2) is 70.3 Å². The highest BCUT2D eigenvalue weighted by atomic mass is 16.3. The summed E-state index contributed by atoms with van der Waals surface area (Å²) in [4.78, 5) is 16.4. The molecular weight excluding hydrogens is 280 g/mol. The molecule has 0 aliphatic carbocycles. The van der Waals surface area contributed by atoms with E-state index in [9.17, 15) is 9.90 Å². The van der Waals surface area contributed by atoms with Gasteiger partial charge in [-0.3, -0.25) is 9.89 Å². The van der Waals surface area contributed by atoms with E-state index >= 15 is 0 Å². The van der Waals surface area contributed by atoms with E-state index in [4.69, 9.17) is 0 Å². The molecule has 1 amide bonds. The molecule has 0 spiro atoms. The van der Waals surface area contributed by atoms with Crippen LogP contribution in [0.15, 0.2) is 0 Å². The van der Waals surface area contributed by atoms with Gasteiger partial charge >= 0.3 is 0 Å². The number of H-pyrrole nitrogens is 1. The molecule has 1 saturated heterocycles. The topological polar surface area (TPSA) is 72.5 Å². The number of amides is 1. The van der Waals surface area contributed by atoms with Crippen LogP contribution in [0.25, 0.3) is 0 Å². The van der Waals surface area contributed by atoms with Gasteiger partial charge in [-0.15, -0.1) is 0 Å². The third kappa shape index (κ3) is 4.08. The smallest absolute Gasteiger partial charge is 0.227 e. The van der Waals surface area contributed by atoms with Crippen molar-refractivity contribution in [3.05, 3.63) is 17.0 Å². The number of aryl methyl sites for hydroxylation is 2. The molecule has 2 heterocycles. The van der Waals surface area contributed by atoms with Crippen molar-refractivity contribution in [3.8, 4) is 0 Å². The average molecular weight is 308 g/mol. The van der Waals surface area contributed by atoms with E-state index in [0.717, 1.165) is 36.3 Å². The van der Waals surface area contributed by atoms with Gasteiger partial charge in [-0.2, -0.15) is 5.10 Å². The maximum atomic E-state index is 12.5. The van der Waals surface area contributed by atoms with Crippen LogP contribution in [0.3, 0.4) is 0 Å². The minimum absolute atomic E-state index is 0.127. The standard InChI is InChI=1S/C16H28N4O2/c1-12-14(13(2)18-17-12)10-15(21)20-8-5-6-16(22,7-9-20)11-19(3)4/h22H,5-11H2,1-4H3,(H,17,18). The highest BCUT2D eigenvalue weighted by Crippen LogP contribution is 2.23. The molecule has 6 heteroatoms. The first-order valence-electron chi connectivity index (χ1n) is 7.96. The Bertz CT molecular complexity index is 507. The summed E-state index contributed by atoms with van der Waals surface area (Å²) >= 11 is 0. The molecule has 1 unspecified atom stereocenters. The van der Waals surface area contributed by atoms with E-state index in [1.54, 1.807) is 0 Å². The van der Waals surface area contributed by atoms with Crippen LogP contribution >= 0.6 is 0 Å². The van der Waals surface area contributed by atoms with E-state index in [-0.39, 0.29) is 5.91 Å². The summed E-state index contributed by atoms with van der Waals surface area (Å²) in [6.07, 6.45) is 2.62. The molecule has 2 N–H and O–H groups in total. The summed E-state index contributed by atoms with van der Waals surface area (Å²) in [7, 11) is 3.94. The quantitative estimate of drug-likeness (QED) is 0.866. The van der Waals surface area contributed by atoms with Crippen LogP contribution in [0.2, 0.25) is 0 Å². The van der Waals surface area contributed by atoms with Crippen molar-refractivity contribution in [2.24, 2.45) is 0 Å². The third-order valence-electron chi connectivity index (χ3n) is 4.49. The molecule has 22 heavy (non-hydrogen) atoms. The molecule has 0 bridgehead atoms. The number of likely N-dealkylation sites (N-methyl/N-ethyl adjacent to an activating group) is 1. The normalized spacial score (nSPS) is 22.9. The molecule has 0 saturated carbocycles. The van der Waals surface area contributed by atoms with Crippen LogP contribution in [0, 0.1) is 13.8 Å². The zero-order valence-corrected chi connectivity index (χ0v) is 14.1. The first kappa shape index (κ1) is 17.0. The van der Waals surface area contributed by atoms with Gasteiger partial charge in [0.15, 0.2) is 0 Å². The molecule has 124 valence electrons. The molecule has 1 fully saturated rings. The molecule has 1 aromatic heterocycles. The molecule has 0 radical (unpaired) electrons. The molecule has 0 aromatic carbocycles. The number of rotatable bonds is 4. The lowest BCUT2D eigenvalue weighted by atomic mass is 9.94. The first-order valence-corrected chi connectivity index (χ1v) is 7.96. The highest BCUT2D eigenvalue weighted by Gasteiger charge is 2.32. The summed E-state index contributed by atoms with van der Waals surface area (Å²) in [6, 6.07) is 0. The number of nitrogens with zero attached hydrogens (tertiary/aromatic N) is 3. The fourth-order valence-electron chi connectivity index (χ4n) is 3.27. The summed E-state index contributed by atoms with van der Waals surface area (Å²) in [5, 5.41) is 17.7. The molecule has 6 nitrogen and oxygen atoms in total. The van der Waals surface area contributed by atoms with E-state index in [1.807, 2.05) is 37.7 Å². The Morgan fingerprint density at radius 2 is 2.09 bits per heavy atom. The Hall–Kier alpha value is -1.40. The maximum absolute atomic E-state index is 12.5. The SMILES string of the molecule is Cc1n[nH]c(C)c1CC(=O)N1CCCC(O)(CN(C)C)CC1. The van der Waals surface area contributed by atoms with Crippen LogP contribution < -0.4 is 0 Å². The number of carbonyl (C=O) groups excluding carboxylic acids is 1. The summed E-state index contributed by atoms with van der Waals surface area (Å²) in [5.41, 5.74) is 2.17. The predicted octanol–water partition coefficient (Wildman–Crippen LogP) is 0.874. The summed E-state index contributed by atoms with van der Waals surface area (Å²) in [6.45, 7) is 5.86. The fraction of sp³-hybridized carbons (Fsp3) is 0.750. The van der Waals surface area contributed by atoms with Gasteiger partial charge in [0, 0.05) is 30.9 Å². The van der Waals surface area contributed by atoms with Gasteiger partial charge < -0.3 is 14.9 Å². The lowest BCUT2D eigenvalue weighted by Crippen LogP contribution is -2.41. The second-order valence-corrected chi connectivity index (χ2v) is 6.79. The second kappa shape index (κ2) is 6.79. The molecule has 1 aliphatic heterocycles. The zero-order chi connectivity index (χ0) is 16.3. The number of hydrogen-bond donors (Lipinski definition) is 2. The number of carbonyl (C=O) groups is 1. The molecule has 2 rings (SSSR count). The number of aromatic nitrogens is 2. The average Bonchev–Trinajstić information content (AvgIpc) is 2.63.